The maximum Gasteiger partial charge on any atom is 0.273 e. The average Bonchev–Trinajstić information content (AvgIpc) is 2.78. The molecule has 6 heteroatoms. The van der Waals surface area contributed by atoms with Gasteiger partial charge in [0.2, 0.25) is 0 Å². The van der Waals surface area contributed by atoms with Crippen LogP contribution in [-0.2, 0) is 6.42 Å². The molecular formula is C11H17N3O2S. The van der Waals surface area contributed by atoms with E-state index in [4.69, 9.17) is 5.73 Å². The second kappa shape index (κ2) is 5.57. The Morgan fingerprint density at radius 2 is 2.29 bits per heavy atom. The molecule has 1 aromatic heterocycles. The first-order valence-corrected chi connectivity index (χ1v) is 6.70. The van der Waals surface area contributed by atoms with Crippen LogP contribution < -0.4 is 5.73 Å². The topological polar surface area (TPSA) is 79.5 Å². The predicted octanol–water partition coefficient (Wildman–Crippen LogP) is 0.241. The van der Waals surface area contributed by atoms with Crippen molar-refractivity contribution in [3.8, 4) is 0 Å². The normalized spacial score (nSPS) is 17.4. The SMILES string of the molecule is NCCc1nc(C(=O)N2CCC(O)CC2)cs1. The predicted molar refractivity (Wildman–Crippen MR) is 66.0 cm³/mol. The van der Waals surface area contributed by atoms with Crippen LogP contribution in [0.15, 0.2) is 5.38 Å². The molecule has 1 aliphatic heterocycles. The summed E-state index contributed by atoms with van der Waals surface area (Å²) in [4.78, 5) is 18.1. The van der Waals surface area contributed by atoms with Gasteiger partial charge in [0.1, 0.15) is 5.69 Å². The summed E-state index contributed by atoms with van der Waals surface area (Å²) in [5.74, 6) is -0.0311. The number of rotatable bonds is 3. The molecule has 0 saturated carbocycles. The van der Waals surface area contributed by atoms with Crippen molar-refractivity contribution >= 4 is 17.2 Å². The number of hydrogen-bond donors (Lipinski definition) is 2. The van der Waals surface area contributed by atoms with Crippen LogP contribution in [0.2, 0.25) is 0 Å². The highest BCUT2D eigenvalue weighted by molar-refractivity contribution is 7.09. The summed E-state index contributed by atoms with van der Waals surface area (Å²) < 4.78 is 0. The van der Waals surface area contributed by atoms with Gasteiger partial charge in [0.25, 0.3) is 5.91 Å². The van der Waals surface area contributed by atoms with Gasteiger partial charge in [0.05, 0.1) is 11.1 Å². The van der Waals surface area contributed by atoms with Gasteiger partial charge in [-0.3, -0.25) is 4.79 Å². The molecule has 0 radical (unpaired) electrons. The Balaban J connectivity index is 1.98. The molecule has 0 spiro atoms. The molecule has 3 N–H and O–H groups in total. The third kappa shape index (κ3) is 3.02. The van der Waals surface area contributed by atoms with Crippen LogP contribution in [-0.4, -0.2) is 46.6 Å². The molecule has 1 amide bonds. The number of carbonyl (C=O) groups is 1. The van der Waals surface area contributed by atoms with Crippen LogP contribution in [0.3, 0.4) is 0 Å². The van der Waals surface area contributed by atoms with Gasteiger partial charge in [-0.15, -0.1) is 11.3 Å². The Bertz CT molecular complexity index is 386. The highest BCUT2D eigenvalue weighted by atomic mass is 32.1. The highest BCUT2D eigenvalue weighted by Gasteiger charge is 2.23. The molecule has 0 aliphatic carbocycles. The number of nitrogens with zero attached hydrogens (tertiary/aromatic N) is 2. The van der Waals surface area contributed by atoms with Crippen molar-refractivity contribution in [1.29, 1.82) is 0 Å². The molecule has 5 nitrogen and oxygen atoms in total. The molecule has 17 heavy (non-hydrogen) atoms. The second-order valence-electron chi connectivity index (χ2n) is 4.19. The minimum atomic E-state index is -0.262. The fraction of sp³-hybridized carbons (Fsp3) is 0.636. The third-order valence-corrected chi connectivity index (χ3v) is 3.79. The Kier molecular flexibility index (Phi) is 4.09. The van der Waals surface area contributed by atoms with Crippen molar-refractivity contribution in [2.75, 3.05) is 19.6 Å². The fourth-order valence-corrected chi connectivity index (χ4v) is 2.67. The van der Waals surface area contributed by atoms with Crippen LogP contribution in [0, 0.1) is 0 Å². The van der Waals surface area contributed by atoms with E-state index >= 15 is 0 Å². The number of aliphatic hydroxyl groups is 1. The average molecular weight is 255 g/mol. The van der Waals surface area contributed by atoms with Gasteiger partial charge in [-0.25, -0.2) is 4.98 Å². The maximum absolute atomic E-state index is 12.1. The summed E-state index contributed by atoms with van der Waals surface area (Å²) in [5, 5.41) is 12.1. The number of aliphatic hydroxyl groups excluding tert-OH is 1. The zero-order valence-electron chi connectivity index (χ0n) is 9.63. The van der Waals surface area contributed by atoms with Crippen molar-refractivity contribution in [3.05, 3.63) is 16.1 Å². The van der Waals surface area contributed by atoms with Gasteiger partial charge in [-0.05, 0) is 19.4 Å². The third-order valence-electron chi connectivity index (χ3n) is 2.88. The smallest absolute Gasteiger partial charge is 0.273 e. The molecule has 0 bridgehead atoms. The van der Waals surface area contributed by atoms with E-state index in [1.165, 1.54) is 11.3 Å². The van der Waals surface area contributed by atoms with E-state index in [-0.39, 0.29) is 12.0 Å². The molecule has 1 aliphatic rings. The number of aromatic nitrogens is 1. The van der Waals surface area contributed by atoms with Crippen molar-refractivity contribution < 1.29 is 9.90 Å². The minimum absolute atomic E-state index is 0.0311. The van der Waals surface area contributed by atoms with E-state index in [1.54, 1.807) is 10.3 Å². The summed E-state index contributed by atoms with van der Waals surface area (Å²) in [6, 6.07) is 0. The second-order valence-corrected chi connectivity index (χ2v) is 5.13. The van der Waals surface area contributed by atoms with Gasteiger partial charge in [0, 0.05) is 24.9 Å². The quantitative estimate of drug-likeness (QED) is 0.811. The van der Waals surface area contributed by atoms with Crippen LogP contribution in [0.25, 0.3) is 0 Å². The van der Waals surface area contributed by atoms with Gasteiger partial charge in [-0.2, -0.15) is 0 Å². The minimum Gasteiger partial charge on any atom is -0.393 e. The molecule has 1 saturated heterocycles. The molecule has 0 unspecified atom stereocenters. The van der Waals surface area contributed by atoms with Crippen molar-refractivity contribution in [2.45, 2.75) is 25.4 Å². The van der Waals surface area contributed by atoms with E-state index in [9.17, 15) is 9.90 Å². The van der Waals surface area contributed by atoms with Gasteiger partial charge in [-0.1, -0.05) is 0 Å². The van der Waals surface area contributed by atoms with Crippen LogP contribution in [0.5, 0.6) is 0 Å². The van der Waals surface area contributed by atoms with Gasteiger partial charge < -0.3 is 15.7 Å². The first-order chi connectivity index (χ1) is 8.20. The number of thiazole rings is 1. The molecule has 1 aromatic rings. The lowest BCUT2D eigenvalue weighted by Gasteiger charge is -2.28. The Morgan fingerprint density at radius 1 is 1.59 bits per heavy atom. The van der Waals surface area contributed by atoms with Crippen molar-refractivity contribution in [3.63, 3.8) is 0 Å². The number of piperidine rings is 1. The van der Waals surface area contributed by atoms with Crippen LogP contribution in [0.1, 0.15) is 28.3 Å². The van der Waals surface area contributed by atoms with Gasteiger partial charge >= 0.3 is 0 Å². The molecule has 2 rings (SSSR count). The number of likely N-dealkylation sites (tertiary alicyclic amines) is 1. The number of carbonyl (C=O) groups excluding carboxylic acids is 1. The summed E-state index contributed by atoms with van der Waals surface area (Å²) in [6.45, 7) is 1.78. The number of hydrogen-bond acceptors (Lipinski definition) is 5. The summed E-state index contributed by atoms with van der Waals surface area (Å²) in [6.07, 6.45) is 1.77. The zero-order valence-corrected chi connectivity index (χ0v) is 10.4. The lowest BCUT2D eigenvalue weighted by atomic mass is 10.1. The van der Waals surface area contributed by atoms with E-state index < -0.39 is 0 Å². The Hall–Kier alpha value is -0.980. The zero-order chi connectivity index (χ0) is 12.3. The molecule has 0 aromatic carbocycles. The lowest BCUT2D eigenvalue weighted by molar-refractivity contribution is 0.0542. The van der Waals surface area contributed by atoms with Crippen molar-refractivity contribution in [2.24, 2.45) is 5.73 Å². The standard InChI is InChI=1S/C11H17N3O2S/c12-4-1-10-13-9(7-17-10)11(16)14-5-2-8(15)3-6-14/h7-8,15H,1-6,12H2. The molecule has 94 valence electrons. The Labute approximate surface area is 104 Å². The van der Waals surface area contributed by atoms with Crippen molar-refractivity contribution in [1.82, 2.24) is 9.88 Å². The van der Waals surface area contributed by atoms with Gasteiger partial charge in [0.15, 0.2) is 0 Å². The summed E-state index contributed by atoms with van der Waals surface area (Å²) in [5.41, 5.74) is 5.96. The molecule has 2 heterocycles. The van der Waals surface area contributed by atoms with E-state index in [2.05, 4.69) is 4.98 Å². The largest absolute Gasteiger partial charge is 0.393 e. The maximum atomic E-state index is 12.1. The number of nitrogens with two attached hydrogens (primary N) is 1. The number of amides is 1. The first-order valence-electron chi connectivity index (χ1n) is 5.82. The Morgan fingerprint density at radius 3 is 2.94 bits per heavy atom. The monoisotopic (exact) mass is 255 g/mol. The highest BCUT2D eigenvalue weighted by Crippen LogP contribution is 2.16. The molecule has 1 fully saturated rings. The van der Waals surface area contributed by atoms with Crippen LogP contribution >= 0.6 is 11.3 Å². The van der Waals surface area contributed by atoms with E-state index in [0.717, 1.165) is 11.4 Å². The summed E-state index contributed by atoms with van der Waals surface area (Å²) in [7, 11) is 0. The van der Waals surface area contributed by atoms with E-state index in [0.29, 0.717) is 38.2 Å². The fourth-order valence-electron chi connectivity index (χ4n) is 1.88. The molecular weight excluding hydrogens is 238 g/mol. The lowest BCUT2D eigenvalue weighted by Crippen LogP contribution is -2.40. The van der Waals surface area contributed by atoms with E-state index in [1.807, 2.05) is 0 Å². The molecule has 0 atom stereocenters. The first kappa shape index (κ1) is 12.5. The summed E-state index contributed by atoms with van der Waals surface area (Å²) >= 11 is 1.48. The van der Waals surface area contributed by atoms with Crippen LogP contribution in [0.4, 0.5) is 0 Å².